The van der Waals surface area contributed by atoms with Crippen LogP contribution in [0.15, 0.2) is 29.1 Å². The molecule has 2 heterocycles. The highest BCUT2D eigenvalue weighted by Crippen LogP contribution is 2.06. The van der Waals surface area contributed by atoms with Crippen LogP contribution in [-0.4, -0.2) is 19.6 Å². The molecule has 0 aliphatic heterocycles. The minimum Gasteiger partial charge on any atom is -0.289 e. The Morgan fingerprint density at radius 2 is 2.19 bits per heavy atom. The van der Waals surface area contributed by atoms with Crippen molar-refractivity contribution in [3.63, 3.8) is 0 Å². The van der Waals surface area contributed by atoms with Gasteiger partial charge in [-0.25, -0.2) is 9.37 Å². The van der Waals surface area contributed by atoms with Crippen molar-refractivity contribution in [3.8, 4) is 0 Å². The number of hydrogen-bond acceptors (Lipinski definition) is 3. The molecule has 0 radical (unpaired) electrons. The number of nitrogens with zero attached hydrogens (tertiary/aromatic N) is 3. The fourth-order valence-electron chi connectivity index (χ4n) is 2.51. The molecule has 0 atom stereocenters. The number of aromatic amines is 1. The number of H-pyrrole nitrogens is 1. The highest BCUT2D eigenvalue weighted by atomic mass is 19.1. The van der Waals surface area contributed by atoms with E-state index in [2.05, 4.69) is 15.1 Å². The van der Waals surface area contributed by atoms with Crippen molar-refractivity contribution >= 4 is 17.9 Å². The summed E-state index contributed by atoms with van der Waals surface area (Å²) in [6.07, 6.45) is 5.19. The number of nitrogens with one attached hydrogen (secondary N) is 1. The Morgan fingerprint density at radius 3 is 3.05 bits per heavy atom. The van der Waals surface area contributed by atoms with E-state index in [1.807, 2.05) is 6.08 Å². The summed E-state index contributed by atoms with van der Waals surface area (Å²) in [7, 11) is 0. The summed E-state index contributed by atoms with van der Waals surface area (Å²) in [4.78, 5) is 19.1. The minimum atomic E-state index is -0.380. The van der Waals surface area contributed by atoms with Crippen molar-refractivity contribution < 1.29 is 4.39 Å². The predicted molar refractivity (Wildman–Crippen MR) is 75.6 cm³/mol. The zero-order valence-corrected chi connectivity index (χ0v) is 11.0. The molecule has 6 heteroatoms. The first kappa shape index (κ1) is 12.0. The maximum Gasteiger partial charge on any atom is 0.276 e. The largest absolute Gasteiger partial charge is 0.289 e. The molecule has 0 saturated heterocycles. The second kappa shape index (κ2) is 4.37. The van der Waals surface area contributed by atoms with Gasteiger partial charge < -0.3 is 0 Å². The summed E-state index contributed by atoms with van der Waals surface area (Å²) in [5, 5.41) is 5.53. The van der Waals surface area contributed by atoms with Gasteiger partial charge in [-0.3, -0.25) is 9.78 Å². The van der Waals surface area contributed by atoms with E-state index in [1.54, 1.807) is 18.2 Å². The summed E-state index contributed by atoms with van der Waals surface area (Å²) < 4.78 is 15.2. The fourth-order valence-corrected chi connectivity index (χ4v) is 2.51. The van der Waals surface area contributed by atoms with E-state index in [9.17, 15) is 9.18 Å². The van der Waals surface area contributed by atoms with Crippen molar-refractivity contribution in [1.29, 1.82) is 0 Å². The average molecular weight is 282 g/mol. The van der Waals surface area contributed by atoms with Crippen molar-refractivity contribution in [2.45, 2.75) is 12.8 Å². The van der Waals surface area contributed by atoms with Gasteiger partial charge in [-0.2, -0.15) is 9.61 Å². The van der Waals surface area contributed by atoms with Crippen LogP contribution in [0.5, 0.6) is 0 Å². The zero-order valence-electron chi connectivity index (χ0n) is 11.0. The van der Waals surface area contributed by atoms with E-state index in [1.165, 1.54) is 16.7 Å². The molecule has 0 amide bonds. The lowest BCUT2D eigenvalue weighted by Crippen LogP contribution is -2.28. The van der Waals surface area contributed by atoms with E-state index >= 15 is 0 Å². The molecule has 5 nitrogen and oxygen atoms in total. The lowest BCUT2D eigenvalue weighted by molar-refractivity contribution is 0.625. The highest BCUT2D eigenvalue weighted by molar-refractivity contribution is 5.50. The van der Waals surface area contributed by atoms with Crippen LogP contribution in [0.3, 0.4) is 0 Å². The van der Waals surface area contributed by atoms with E-state index in [4.69, 9.17) is 0 Å². The molecule has 0 bridgehead atoms. The van der Waals surface area contributed by atoms with Crippen LogP contribution in [0, 0.1) is 5.82 Å². The minimum absolute atomic E-state index is 0.275. The van der Waals surface area contributed by atoms with E-state index in [-0.39, 0.29) is 16.7 Å². The van der Waals surface area contributed by atoms with Crippen LogP contribution >= 0.6 is 0 Å². The fraction of sp³-hybridized carbons (Fsp3) is 0.133. The summed E-state index contributed by atoms with van der Waals surface area (Å²) in [6, 6.07) is 6.30. The van der Waals surface area contributed by atoms with Crippen LogP contribution < -0.4 is 16.3 Å². The molecule has 1 N–H and O–H groups in total. The molecule has 4 rings (SSSR count). The number of halogens is 1. The molecule has 0 unspecified atom stereocenters. The Balaban J connectivity index is 2.06. The van der Waals surface area contributed by atoms with Crippen molar-refractivity contribution in [2.75, 3.05) is 0 Å². The van der Waals surface area contributed by atoms with Crippen LogP contribution in [0.1, 0.15) is 17.7 Å². The second-order valence-electron chi connectivity index (χ2n) is 4.93. The highest BCUT2D eigenvalue weighted by Gasteiger charge is 2.11. The number of fused-ring (bicyclic) bond motifs is 2. The molecule has 21 heavy (non-hydrogen) atoms. The summed E-state index contributed by atoms with van der Waals surface area (Å²) >= 11 is 0. The Morgan fingerprint density at radius 1 is 1.33 bits per heavy atom. The molecular weight excluding hydrogens is 271 g/mol. The van der Waals surface area contributed by atoms with Gasteiger partial charge in [-0.1, -0.05) is 24.3 Å². The SMILES string of the molecule is O=c1[nH]c2nc3c(nn2/c1=C\c1ccccc1F)CCC=3. The molecule has 3 aromatic rings. The van der Waals surface area contributed by atoms with Crippen molar-refractivity contribution in [2.24, 2.45) is 0 Å². The quantitative estimate of drug-likeness (QED) is 0.689. The van der Waals surface area contributed by atoms with Gasteiger partial charge in [-0.05, 0) is 25.0 Å². The smallest absolute Gasteiger partial charge is 0.276 e. The van der Waals surface area contributed by atoms with E-state index in [0.29, 0.717) is 11.3 Å². The molecule has 0 spiro atoms. The molecule has 0 saturated carbocycles. The molecule has 1 aromatic carbocycles. The summed E-state index contributed by atoms with van der Waals surface area (Å²) in [5.41, 5.74) is 0.869. The maximum atomic E-state index is 13.7. The first-order chi connectivity index (χ1) is 10.2. The normalized spacial score (nSPS) is 14.4. The molecular formula is C15H11FN4O. The Bertz CT molecular complexity index is 1030. The number of aromatic nitrogens is 4. The lowest BCUT2D eigenvalue weighted by Gasteiger charge is -1.97. The Labute approximate surface area is 118 Å². The molecule has 0 fully saturated rings. The van der Waals surface area contributed by atoms with E-state index < -0.39 is 0 Å². The Kier molecular flexibility index (Phi) is 2.50. The number of benzene rings is 1. The molecule has 2 aromatic heterocycles. The van der Waals surface area contributed by atoms with Crippen LogP contribution in [0.2, 0.25) is 0 Å². The summed E-state index contributed by atoms with van der Waals surface area (Å²) in [5.74, 6) is -0.00575. The van der Waals surface area contributed by atoms with Crippen molar-refractivity contribution in [1.82, 2.24) is 19.6 Å². The van der Waals surface area contributed by atoms with E-state index in [0.717, 1.165) is 23.9 Å². The first-order valence-corrected chi connectivity index (χ1v) is 6.67. The van der Waals surface area contributed by atoms with Gasteiger partial charge in [0.15, 0.2) is 0 Å². The van der Waals surface area contributed by atoms with Gasteiger partial charge in [0.05, 0.1) is 11.0 Å². The van der Waals surface area contributed by atoms with Gasteiger partial charge in [0.25, 0.3) is 5.56 Å². The monoisotopic (exact) mass is 282 g/mol. The molecule has 1 aliphatic carbocycles. The molecule has 104 valence electrons. The van der Waals surface area contributed by atoms with Crippen LogP contribution in [0.4, 0.5) is 4.39 Å². The van der Waals surface area contributed by atoms with Gasteiger partial charge in [0, 0.05) is 5.56 Å². The van der Waals surface area contributed by atoms with Gasteiger partial charge in [0.1, 0.15) is 11.2 Å². The summed E-state index contributed by atoms with van der Waals surface area (Å²) in [6.45, 7) is 0. The second-order valence-corrected chi connectivity index (χ2v) is 4.93. The first-order valence-electron chi connectivity index (χ1n) is 6.67. The van der Waals surface area contributed by atoms with Gasteiger partial charge in [0.2, 0.25) is 5.78 Å². The van der Waals surface area contributed by atoms with Crippen molar-refractivity contribution in [3.05, 3.63) is 62.4 Å². The molecule has 1 aliphatic rings. The number of hydrogen-bond donors (Lipinski definition) is 1. The Hall–Kier alpha value is -2.76. The zero-order chi connectivity index (χ0) is 14.4. The maximum absolute atomic E-state index is 13.7. The van der Waals surface area contributed by atoms with Gasteiger partial charge >= 0.3 is 0 Å². The average Bonchev–Trinajstić information content (AvgIpc) is 3.03. The third kappa shape index (κ3) is 1.87. The predicted octanol–water partition coefficient (Wildman–Crippen LogP) is 0.112. The van der Waals surface area contributed by atoms with Gasteiger partial charge in [-0.15, -0.1) is 0 Å². The lowest BCUT2D eigenvalue weighted by atomic mass is 10.2. The third-order valence-electron chi connectivity index (χ3n) is 3.55. The topological polar surface area (TPSA) is 63.0 Å². The number of aryl methyl sites for hydroxylation is 1. The van der Waals surface area contributed by atoms with Crippen LogP contribution in [0.25, 0.3) is 17.9 Å². The van der Waals surface area contributed by atoms with Crippen LogP contribution in [-0.2, 0) is 6.42 Å². The third-order valence-corrected chi connectivity index (χ3v) is 3.55. The number of rotatable bonds is 1. The standard InChI is InChI=1S/C15H11FN4O/c16-10-5-2-1-4-9(10)8-13-14(21)18-15-17-11-6-3-7-12(11)19-20(13)15/h1-2,4-6,8H,3,7H2,(H,17,18,21)/b13-8-. The number of imidazole rings is 1.